The van der Waals surface area contributed by atoms with Crippen molar-refractivity contribution in [2.45, 2.75) is 26.1 Å². The summed E-state index contributed by atoms with van der Waals surface area (Å²) in [5, 5.41) is 4.09. The lowest BCUT2D eigenvalue weighted by molar-refractivity contribution is -0.0725. The average molecular weight is 359 g/mol. The van der Waals surface area contributed by atoms with Crippen molar-refractivity contribution in [3.8, 4) is 11.5 Å². The molecule has 140 valence electrons. The number of aryl methyl sites for hydroxylation is 1. The van der Waals surface area contributed by atoms with Crippen molar-refractivity contribution < 1.29 is 19.0 Å². The van der Waals surface area contributed by atoms with Crippen LogP contribution in [0.4, 0.5) is 0 Å². The molecule has 0 aliphatic carbocycles. The van der Waals surface area contributed by atoms with Crippen molar-refractivity contribution in [3.05, 3.63) is 42.2 Å². The Morgan fingerprint density at radius 1 is 1.38 bits per heavy atom. The van der Waals surface area contributed by atoms with Gasteiger partial charge in [0.15, 0.2) is 5.75 Å². The van der Waals surface area contributed by atoms with Crippen molar-refractivity contribution in [2.75, 3.05) is 26.3 Å². The Kier molecular flexibility index (Phi) is 5.90. The molecule has 0 radical (unpaired) electrons. The summed E-state index contributed by atoms with van der Waals surface area (Å²) < 4.78 is 18.9. The van der Waals surface area contributed by atoms with Crippen molar-refractivity contribution >= 4 is 5.91 Å². The maximum atomic E-state index is 13.0. The van der Waals surface area contributed by atoms with Gasteiger partial charge >= 0.3 is 0 Å². The number of amides is 1. The maximum absolute atomic E-state index is 13.0. The lowest BCUT2D eigenvalue weighted by Crippen LogP contribution is -2.47. The number of hydrogen-bond donors (Lipinski definition) is 0. The molecule has 2 aromatic rings. The van der Waals surface area contributed by atoms with Gasteiger partial charge in [-0.2, -0.15) is 5.10 Å². The number of nitrogens with zero attached hydrogens (tertiary/aromatic N) is 3. The number of ether oxygens (including phenoxy) is 3. The SMILES string of the molecule is CC(C)OCC1CN(C(=O)c2ccccc2Oc2cnn(C)c2)CCO1. The van der Waals surface area contributed by atoms with Gasteiger partial charge in [0.25, 0.3) is 5.91 Å². The van der Waals surface area contributed by atoms with Crippen molar-refractivity contribution in [1.29, 1.82) is 0 Å². The maximum Gasteiger partial charge on any atom is 0.257 e. The van der Waals surface area contributed by atoms with Gasteiger partial charge < -0.3 is 19.1 Å². The fraction of sp³-hybridized carbons (Fsp3) is 0.474. The molecule has 0 N–H and O–H groups in total. The molecule has 26 heavy (non-hydrogen) atoms. The zero-order valence-corrected chi connectivity index (χ0v) is 15.4. The lowest BCUT2D eigenvalue weighted by atomic mass is 10.1. The Morgan fingerprint density at radius 2 is 2.19 bits per heavy atom. The van der Waals surface area contributed by atoms with E-state index in [0.717, 1.165) is 0 Å². The Morgan fingerprint density at radius 3 is 2.92 bits per heavy atom. The van der Waals surface area contributed by atoms with E-state index >= 15 is 0 Å². The molecule has 1 amide bonds. The number of carbonyl (C=O) groups is 1. The second-order valence-corrected chi connectivity index (χ2v) is 6.57. The minimum absolute atomic E-state index is 0.0673. The van der Waals surface area contributed by atoms with E-state index in [1.807, 2.05) is 33.0 Å². The van der Waals surface area contributed by atoms with Gasteiger partial charge in [0.1, 0.15) is 5.75 Å². The summed E-state index contributed by atoms with van der Waals surface area (Å²) in [5.74, 6) is 1.05. The smallest absolute Gasteiger partial charge is 0.257 e. The molecule has 1 saturated heterocycles. The van der Waals surface area contributed by atoms with Crippen molar-refractivity contribution in [3.63, 3.8) is 0 Å². The second kappa shape index (κ2) is 8.33. The highest BCUT2D eigenvalue weighted by Crippen LogP contribution is 2.26. The number of para-hydroxylation sites is 1. The monoisotopic (exact) mass is 359 g/mol. The van der Waals surface area contributed by atoms with E-state index in [-0.39, 0.29) is 18.1 Å². The van der Waals surface area contributed by atoms with Crippen LogP contribution in [0.3, 0.4) is 0 Å². The summed E-state index contributed by atoms with van der Waals surface area (Å²) in [6.07, 6.45) is 3.41. The molecule has 1 aliphatic rings. The molecule has 1 aromatic carbocycles. The molecule has 7 heteroatoms. The molecule has 0 bridgehead atoms. The Hall–Kier alpha value is -2.38. The van der Waals surface area contributed by atoms with E-state index < -0.39 is 0 Å². The van der Waals surface area contributed by atoms with Crippen molar-refractivity contribution in [2.24, 2.45) is 7.05 Å². The molecule has 1 fully saturated rings. The van der Waals surface area contributed by atoms with E-state index in [4.69, 9.17) is 14.2 Å². The first kappa shape index (κ1) is 18.4. The molecular weight excluding hydrogens is 334 g/mol. The van der Waals surface area contributed by atoms with Crippen molar-refractivity contribution in [1.82, 2.24) is 14.7 Å². The van der Waals surface area contributed by atoms with Crippen LogP contribution in [-0.4, -0.2) is 59.1 Å². The van der Waals surface area contributed by atoms with E-state index in [9.17, 15) is 4.79 Å². The lowest BCUT2D eigenvalue weighted by Gasteiger charge is -2.33. The molecule has 0 spiro atoms. The fourth-order valence-corrected chi connectivity index (χ4v) is 2.79. The quantitative estimate of drug-likeness (QED) is 0.793. The number of hydrogen-bond acceptors (Lipinski definition) is 5. The number of carbonyl (C=O) groups excluding carboxylic acids is 1. The third-order valence-corrected chi connectivity index (χ3v) is 4.07. The van der Waals surface area contributed by atoms with Crippen LogP contribution in [0, 0.1) is 0 Å². The molecule has 2 heterocycles. The fourth-order valence-electron chi connectivity index (χ4n) is 2.79. The van der Waals surface area contributed by atoms with Crippen LogP contribution in [-0.2, 0) is 16.5 Å². The number of morpholine rings is 1. The van der Waals surface area contributed by atoms with E-state index in [0.29, 0.717) is 43.4 Å². The first-order valence-electron chi connectivity index (χ1n) is 8.81. The standard InChI is InChI=1S/C19H25N3O4/c1-14(2)25-13-16-12-22(8-9-24-16)19(23)17-6-4-5-7-18(17)26-15-10-20-21(3)11-15/h4-7,10-11,14,16H,8-9,12-13H2,1-3H3. The van der Waals surface area contributed by atoms with Crippen LogP contribution >= 0.6 is 0 Å². The summed E-state index contributed by atoms with van der Waals surface area (Å²) in [7, 11) is 1.82. The Balaban J connectivity index is 1.71. The number of aromatic nitrogens is 2. The summed E-state index contributed by atoms with van der Waals surface area (Å²) in [6.45, 7) is 6.01. The van der Waals surface area contributed by atoms with E-state index in [2.05, 4.69) is 5.10 Å². The van der Waals surface area contributed by atoms with Gasteiger partial charge in [0, 0.05) is 20.1 Å². The summed E-state index contributed by atoms with van der Waals surface area (Å²) >= 11 is 0. The van der Waals surface area contributed by atoms with Crippen LogP contribution in [0.1, 0.15) is 24.2 Å². The van der Waals surface area contributed by atoms with E-state index in [1.165, 1.54) is 0 Å². The van der Waals surface area contributed by atoms with Gasteiger partial charge in [-0.15, -0.1) is 0 Å². The van der Waals surface area contributed by atoms with Gasteiger partial charge in [-0.05, 0) is 26.0 Å². The second-order valence-electron chi connectivity index (χ2n) is 6.57. The Labute approximate surface area is 153 Å². The van der Waals surface area contributed by atoms with Crippen LogP contribution in [0.5, 0.6) is 11.5 Å². The molecule has 3 rings (SSSR count). The highest BCUT2D eigenvalue weighted by atomic mass is 16.5. The van der Waals surface area contributed by atoms with Crippen LogP contribution < -0.4 is 4.74 Å². The van der Waals surface area contributed by atoms with Gasteiger partial charge in [0.05, 0.1) is 43.4 Å². The summed E-state index contributed by atoms with van der Waals surface area (Å²) in [4.78, 5) is 14.8. The first-order valence-corrected chi connectivity index (χ1v) is 8.81. The molecule has 0 saturated carbocycles. The average Bonchev–Trinajstić information content (AvgIpc) is 3.05. The number of benzene rings is 1. The molecule has 1 atom stereocenters. The largest absolute Gasteiger partial charge is 0.453 e. The highest BCUT2D eigenvalue weighted by Gasteiger charge is 2.27. The molecular formula is C19H25N3O4. The minimum Gasteiger partial charge on any atom is -0.453 e. The molecule has 1 aromatic heterocycles. The predicted molar refractivity (Wildman–Crippen MR) is 96.5 cm³/mol. The molecule has 7 nitrogen and oxygen atoms in total. The van der Waals surface area contributed by atoms with Gasteiger partial charge in [-0.1, -0.05) is 12.1 Å². The molecule has 1 unspecified atom stereocenters. The normalized spacial score (nSPS) is 17.5. The molecule has 1 aliphatic heterocycles. The Bertz CT molecular complexity index is 744. The summed E-state index contributed by atoms with van der Waals surface area (Å²) in [5.41, 5.74) is 0.529. The number of rotatable bonds is 6. The minimum atomic E-state index is -0.110. The van der Waals surface area contributed by atoms with Crippen LogP contribution in [0.25, 0.3) is 0 Å². The van der Waals surface area contributed by atoms with Gasteiger partial charge in [-0.3, -0.25) is 9.48 Å². The zero-order valence-electron chi connectivity index (χ0n) is 15.4. The highest BCUT2D eigenvalue weighted by molar-refractivity contribution is 5.97. The third-order valence-electron chi connectivity index (χ3n) is 4.07. The van der Waals surface area contributed by atoms with E-state index in [1.54, 1.807) is 34.1 Å². The topological polar surface area (TPSA) is 65.8 Å². The van der Waals surface area contributed by atoms with Gasteiger partial charge in [-0.25, -0.2) is 0 Å². The van der Waals surface area contributed by atoms with Crippen LogP contribution in [0.2, 0.25) is 0 Å². The van der Waals surface area contributed by atoms with Gasteiger partial charge in [0.2, 0.25) is 0 Å². The van der Waals surface area contributed by atoms with Crippen LogP contribution in [0.15, 0.2) is 36.7 Å². The predicted octanol–water partition coefficient (Wildman–Crippen LogP) is 2.48. The zero-order chi connectivity index (χ0) is 18.5. The first-order chi connectivity index (χ1) is 12.5. The third kappa shape index (κ3) is 4.62. The summed E-state index contributed by atoms with van der Waals surface area (Å²) in [6, 6.07) is 7.26.